The van der Waals surface area contributed by atoms with Gasteiger partial charge < -0.3 is 10.2 Å². The van der Waals surface area contributed by atoms with Gasteiger partial charge in [-0.05, 0) is 18.7 Å². The van der Waals surface area contributed by atoms with Crippen LogP contribution >= 0.6 is 0 Å². The first-order valence-electron chi connectivity index (χ1n) is 5.08. The molecule has 0 unspecified atom stereocenters. The molecule has 0 aromatic carbocycles. The summed E-state index contributed by atoms with van der Waals surface area (Å²) in [5.41, 5.74) is 6.24. The Labute approximate surface area is 92.9 Å². The minimum absolute atomic E-state index is 0.0641. The summed E-state index contributed by atoms with van der Waals surface area (Å²) in [5, 5.41) is 0. The summed E-state index contributed by atoms with van der Waals surface area (Å²) >= 11 is 0. The zero-order chi connectivity index (χ0) is 11.4. The third-order valence-electron chi connectivity index (χ3n) is 2.23. The normalized spacial score (nSPS) is 10.6. The Bertz CT molecular complexity index is 459. The van der Waals surface area contributed by atoms with Crippen LogP contribution in [0.25, 0.3) is 0 Å². The summed E-state index contributed by atoms with van der Waals surface area (Å²) in [6.07, 6.45) is 5.69. The lowest BCUT2D eigenvalue weighted by molar-refractivity contribution is 0.0907. The molecule has 0 aliphatic carbocycles. The van der Waals surface area contributed by atoms with Gasteiger partial charge in [0.15, 0.2) is 0 Å². The number of carbonyl (C=O) groups excluding carboxylic acids is 1. The Hall–Kier alpha value is -1.88. The molecular weight excluding hydrogens is 206 g/mol. The van der Waals surface area contributed by atoms with Gasteiger partial charge in [0.25, 0.3) is 0 Å². The monoisotopic (exact) mass is 219 g/mol. The largest absolute Gasteiger partial charge is 0.469 e. The van der Waals surface area contributed by atoms with Gasteiger partial charge in [-0.25, -0.2) is 4.98 Å². The lowest BCUT2D eigenvalue weighted by Crippen LogP contribution is -2.11. The summed E-state index contributed by atoms with van der Waals surface area (Å²) in [5.74, 6) is 0.588. The van der Waals surface area contributed by atoms with Crippen molar-refractivity contribution in [2.75, 3.05) is 6.54 Å². The highest BCUT2D eigenvalue weighted by atomic mass is 16.3. The molecule has 5 heteroatoms. The van der Waals surface area contributed by atoms with Gasteiger partial charge in [-0.1, -0.05) is 0 Å². The van der Waals surface area contributed by atoms with Crippen LogP contribution in [0.3, 0.4) is 0 Å². The summed E-state index contributed by atoms with van der Waals surface area (Å²) in [4.78, 5) is 15.8. The van der Waals surface area contributed by atoms with Gasteiger partial charge in [0, 0.05) is 12.6 Å². The van der Waals surface area contributed by atoms with E-state index in [4.69, 9.17) is 10.2 Å². The molecule has 84 valence electrons. The Morgan fingerprint density at radius 2 is 2.44 bits per heavy atom. The maximum atomic E-state index is 11.8. The van der Waals surface area contributed by atoms with Gasteiger partial charge in [-0.2, -0.15) is 0 Å². The Morgan fingerprint density at radius 3 is 3.12 bits per heavy atom. The van der Waals surface area contributed by atoms with Gasteiger partial charge in [-0.3, -0.25) is 9.36 Å². The van der Waals surface area contributed by atoms with E-state index < -0.39 is 0 Å². The number of imidazole rings is 1. The smallest absolute Gasteiger partial charge is 0.239 e. The molecule has 0 aliphatic heterocycles. The van der Waals surface area contributed by atoms with Crippen molar-refractivity contribution >= 4 is 5.91 Å². The van der Waals surface area contributed by atoms with E-state index in [1.807, 2.05) is 0 Å². The van der Waals surface area contributed by atoms with E-state index in [1.54, 1.807) is 24.6 Å². The fourth-order valence-corrected chi connectivity index (χ4v) is 1.43. The number of hydrogen-bond acceptors (Lipinski definition) is 4. The zero-order valence-electron chi connectivity index (χ0n) is 8.80. The van der Waals surface area contributed by atoms with Crippen molar-refractivity contribution in [3.63, 3.8) is 0 Å². The molecule has 2 heterocycles. The Morgan fingerprint density at radius 1 is 1.56 bits per heavy atom. The molecule has 2 N–H and O–H groups in total. The highest BCUT2D eigenvalue weighted by Gasteiger charge is 2.09. The van der Waals surface area contributed by atoms with E-state index in [0.29, 0.717) is 18.7 Å². The topological polar surface area (TPSA) is 74.0 Å². The second-order valence-corrected chi connectivity index (χ2v) is 3.46. The third kappa shape index (κ3) is 2.38. The van der Waals surface area contributed by atoms with Gasteiger partial charge in [0.05, 0.1) is 18.4 Å². The highest BCUT2D eigenvalue weighted by molar-refractivity contribution is 5.80. The lowest BCUT2D eigenvalue weighted by Gasteiger charge is -1.97. The lowest BCUT2D eigenvalue weighted by atomic mass is 10.3. The van der Waals surface area contributed by atoms with Crippen LogP contribution in [-0.2, 0) is 12.8 Å². The number of aromatic nitrogens is 2. The third-order valence-corrected chi connectivity index (χ3v) is 2.23. The first-order valence-corrected chi connectivity index (χ1v) is 5.08. The maximum Gasteiger partial charge on any atom is 0.239 e. The standard InChI is InChI=1S/C11H13N3O2/c12-4-3-9-7-14(8-13-9)11(15)6-10-2-1-5-16-10/h1-2,5,7-8H,3-4,6,12H2. The number of nitrogens with two attached hydrogens (primary N) is 1. The van der Waals surface area contributed by atoms with E-state index in [-0.39, 0.29) is 12.3 Å². The molecule has 0 atom stereocenters. The van der Waals surface area contributed by atoms with E-state index in [9.17, 15) is 4.79 Å². The fourth-order valence-electron chi connectivity index (χ4n) is 1.43. The minimum Gasteiger partial charge on any atom is -0.469 e. The van der Waals surface area contributed by atoms with Crippen LogP contribution in [0.1, 0.15) is 16.2 Å². The first kappa shape index (κ1) is 10.6. The second kappa shape index (κ2) is 4.76. The molecule has 0 saturated heterocycles. The molecule has 0 saturated carbocycles. The van der Waals surface area contributed by atoms with Crippen molar-refractivity contribution in [2.24, 2.45) is 5.73 Å². The summed E-state index contributed by atoms with van der Waals surface area (Å²) in [6, 6.07) is 3.53. The molecule has 5 nitrogen and oxygen atoms in total. The summed E-state index contributed by atoms with van der Waals surface area (Å²) in [6.45, 7) is 0.531. The van der Waals surface area contributed by atoms with Crippen molar-refractivity contribution in [3.8, 4) is 0 Å². The average molecular weight is 219 g/mol. The number of furan rings is 1. The first-order chi connectivity index (χ1) is 7.79. The van der Waals surface area contributed by atoms with Gasteiger partial charge in [0.1, 0.15) is 12.1 Å². The van der Waals surface area contributed by atoms with Gasteiger partial charge >= 0.3 is 0 Å². The fraction of sp³-hybridized carbons (Fsp3) is 0.273. The van der Waals surface area contributed by atoms with Crippen LogP contribution in [0.2, 0.25) is 0 Å². The number of rotatable bonds is 4. The van der Waals surface area contributed by atoms with Crippen molar-refractivity contribution < 1.29 is 9.21 Å². The van der Waals surface area contributed by atoms with E-state index >= 15 is 0 Å². The highest BCUT2D eigenvalue weighted by Crippen LogP contribution is 2.04. The molecule has 16 heavy (non-hydrogen) atoms. The number of hydrogen-bond donors (Lipinski definition) is 1. The van der Waals surface area contributed by atoms with Crippen molar-refractivity contribution in [2.45, 2.75) is 12.8 Å². The predicted octanol–water partition coefficient (Wildman–Crippen LogP) is 0.860. The molecule has 0 radical (unpaired) electrons. The molecular formula is C11H13N3O2. The number of nitrogens with zero attached hydrogens (tertiary/aromatic N) is 2. The van der Waals surface area contributed by atoms with Crippen LogP contribution in [0.15, 0.2) is 35.3 Å². The number of carbonyl (C=O) groups is 1. The molecule has 0 fully saturated rings. The average Bonchev–Trinajstić information content (AvgIpc) is 2.89. The molecule has 0 bridgehead atoms. The van der Waals surface area contributed by atoms with Crippen LogP contribution in [0.4, 0.5) is 0 Å². The second-order valence-electron chi connectivity index (χ2n) is 3.46. The van der Waals surface area contributed by atoms with Crippen molar-refractivity contribution in [1.29, 1.82) is 0 Å². The maximum absolute atomic E-state index is 11.8. The SMILES string of the molecule is NCCc1cn(C(=O)Cc2ccco2)cn1. The quantitative estimate of drug-likeness (QED) is 0.827. The molecule has 0 amide bonds. The summed E-state index contributed by atoms with van der Waals surface area (Å²) in [7, 11) is 0. The Kier molecular flexibility index (Phi) is 3.16. The molecule has 2 aromatic rings. The van der Waals surface area contributed by atoms with Crippen LogP contribution < -0.4 is 5.73 Å². The van der Waals surface area contributed by atoms with E-state index in [0.717, 1.165) is 5.69 Å². The van der Waals surface area contributed by atoms with Crippen LogP contribution in [-0.4, -0.2) is 22.0 Å². The molecule has 0 spiro atoms. The van der Waals surface area contributed by atoms with Gasteiger partial charge in [-0.15, -0.1) is 0 Å². The van der Waals surface area contributed by atoms with Crippen molar-refractivity contribution in [1.82, 2.24) is 9.55 Å². The predicted molar refractivity (Wildman–Crippen MR) is 58.0 cm³/mol. The molecule has 2 aromatic heterocycles. The van der Waals surface area contributed by atoms with Gasteiger partial charge in [0.2, 0.25) is 5.91 Å². The van der Waals surface area contributed by atoms with E-state index in [2.05, 4.69) is 4.98 Å². The minimum atomic E-state index is -0.0641. The van der Waals surface area contributed by atoms with Crippen LogP contribution in [0.5, 0.6) is 0 Å². The molecule has 2 rings (SSSR count). The zero-order valence-corrected chi connectivity index (χ0v) is 8.80. The van der Waals surface area contributed by atoms with Crippen LogP contribution in [0, 0.1) is 0 Å². The van der Waals surface area contributed by atoms with E-state index in [1.165, 1.54) is 10.9 Å². The van der Waals surface area contributed by atoms with Crippen molar-refractivity contribution in [3.05, 3.63) is 42.4 Å². The molecule has 0 aliphatic rings. The Balaban J connectivity index is 2.03. The summed E-state index contributed by atoms with van der Waals surface area (Å²) < 4.78 is 6.57.